The molecule has 1 aliphatic heterocycles. The number of pyridine rings is 1. The van der Waals surface area contributed by atoms with Crippen molar-refractivity contribution in [2.45, 2.75) is 39.2 Å². The minimum Gasteiger partial charge on any atom is -0.354 e. The van der Waals surface area contributed by atoms with E-state index < -0.39 is 0 Å². The Hall–Kier alpha value is -1.28. The summed E-state index contributed by atoms with van der Waals surface area (Å²) in [5, 5.41) is 1.95. The summed E-state index contributed by atoms with van der Waals surface area (Å²) in [5.74, 6) is 1.10. The quantitative estimate of drug-likeness (QED) is 0.757. The maximum atomic E-state index is 6.08. The maximum Gasteiger partial charge on any atom is 0.129 e. The first-order valence-corrected chi connectivity index (χ1v) is 7.36. The second-order valence-corrected chi connectivity index (χ2v) is 5.93. The van der Waals surface area contributed by atoms with E-state index in [4.69, 9.17) is 16.6 Å². The number of hydrogen-bond acceptors (Lipinski definition) is 2. The van der Waals surface area contributed by atoms with Crippen LogP contribution in [0.1, 0.15) is 31.7 Å². The first-order valence-electron chi connectivity index (χ1n) is 6.99. The van der Waals surface area contributed by atoms with Crippen molar-refractivity contribution in [3.8, 4) is 0 Å². The fourth-order valence-electron chi connectivity index (χ4n) is 2.94. The van der Waals surface area contributed by atoms with Crippen molar-refractivity contribution < 1.29 is 0 Å². The Morgan fingerprint density at radius 1 is 1.26 bits per heavy atom. The predicted molar refractivity (Wildman–Crippen MR) is 82.1 cm³/mol. The van der Waals surface area contributed by atoms with E-state index in [-0.39, 0.29) is 0 Å². The Kier molecular flexibility index (Phi) is 3.36. The van der Waals surface area contributed by atoms with E-state index in [9.17, 15) is 0 Å². The summed E-state index contributed by atoms with van der Waals surface area (Å²) in [5.41, 5.74) is 2.27. The molecule has 1 saturated heterocycles. The van der Waals surface area contributed by atoms with E-state index in [1.807, 2.05) is 12.1 Å². The summed E-state index contributed by atoms with van der Waals surface area (Å²) in [6, 6.07) is 8.74. The molecular formula is C16H19ClN2. The van der Waals surface area contributed by atoms with Gasteiger partial charge >= 0.3 is 0 Å². The van der Waals surface area contributed by atoms with Crippen molar-refractivity contribution >= 4 is 28.3 Å². The number of aromatic nitrogens is 1. The molecule has 0 bridgehead atoms. The van der Waals surface area contributed by atoms with Crippen LogP contribution in [0, 0.1) is 6.92 Å². The van der Waals surface area contributed by atoms with E-state index in [0.717, 1.165) is 22.9 Å². The lowest BCUT2D eigenvalue weighted by Gasteiger charge is -2.34. The van der Waals surface area contributed by atoms with Crippen LogP contribution in [0.5, 0.6) is 0 Å². The van der Waals surface area contributed by atoms with Crippen molar-refractivity contribution in [1.29, 1.82) is 0 Å². The molecule has 1 atom stereocenters. The molecule has 1 unspecified atom stereocenters. The third-order valence-corrected chi connectivity index (χ3v) is 4.30. The van der Waals surface area contributed by atoms with Gasteiger partial charge in [-0.05, 0) is 56.9 Å². The fraction of sp³-hybridized carbons (Fsp3) is 0.438. The van der Waals surface area contributed by atoms with Gasteiger partial charge in [0.05, 0.1) is 5.52 Å². The standard InChI is InChI=1S/C16H19ClN2/c1-11-9-16(19-8-4-3-5-12(19)2)18-15-10-13(17)6-7-14(11)15/h6-7,9-10,12H,3-5,8H2,1-2H3. The highest BCUT2D eigenvalue weighted by atomic mass is 35.5. The van der Waals surface area contributed by atoms with Gasteiger partial charge in [-0.25, -0.2) is 4.98 Å². The van der Waals surface area contributed by atoms with Crippen molar-refractivity contribution in [1.82, 2.24) is 4.98 Å². The van der Waals surface area contributed by atoms with Gasteiger partial charge in [-0.2, -0.15) is 0 Å². The third kappa shape index (κ3) is 2.42. The molecule has 3 rings (SSSR count). The lowest BCUT2D eigenvalue weighted by atomic mass is 10.0. The Labute approximate surface area is 119 Å². The summed E-state index contributed by atoms with van der Waals surface area (Å²) in [6.45, 7) is 5.55. The second-order valence-electron chi connectivity index (χ2n) is 5.50. The van der Waals surface area contributed by atoms with Gasteiger partial charge in [0.2, 0.25) is 0 Å². The highest BCUT2D eigenvalue weighted by Crippen LogP contribution is 2.28. The van der Waals surface area contributed by atoms with Crippen LogP contribution in [0.4, 0.5) is 5.82 Å². The highest BCUT2D eigenvalue weighted by molar-refractivity contribution is 6.31. The molecule has 3 heteroatoms. The van der Waals surface area contributed by atoms with Crippen LogP contribution >= 0.6 is 11.6 Å². The van der Waals surface area contributed by atoms with E-state index in [2.05, 4.69) is 30.9 Å². The number of aryl methyl sites for hydroxylation is 1. The number of anilines is 1. The van der Waals surface area contributed by atoms with Crippen molar-refractivity contribution in [3.05, 3.63) is 34.9 Å². The first-order chi connectivity index (χ1) is 9.15. The zero-order chi connectivity index (χ0) is 13.4. The number of halogens is 1. The number of benzene rings is 1. The molecule has 0 N–H and O–H groups in total. The molecule has 0 aliphatic carbocycles. The number of hydrogen-bond donors (Lipinski definition) is 0. The average molecular weight is 275 g/mol. The Balaban J connectivity index is 2.09. The Bertz CT molecular complexity index is 609. The van der Waals surface area contributed by atoms with Crippen molar-refractivity contribution in [3.63, 3.8) is 0 Å². The van der Waals surface area contributed by atoms with Crippen LogP contribution in [0.15, 0.2) is 24.3 Å². The van der Waals surface area contributed by atoms with Gasteiger partial charge in [-0.1, -0.05) is 17.7 Å². The van der Waals surface area contributed by atoms with Gasteiger partial charge in [0, 0.05) is 23.0 Å². The summed E-state index contributed by atoms with van der Waals surface area (Å²) in [7, 11) is 0. The van der Waals surface area contributed by atoms with Gasteiger partial charge in [0.15, 0.2) is 0 Å². The average Bonchev–Trinajstić information content (AvgIpc) is 2.38. The SMILES string of the molecule is Cc1cc(N2CCCCC2C)nc2cc(Cl)ccc12. The van der Waals surface area contributed by atoms with Crippen molar-refractivity contribution in [2.75, 3.05) is 11.4 Å². The monoisotopic (exact) mass is 274 g/mol. The Morgan fingerprint density at radius 2 is 2.11 bits per heavy atom. The largest absolute Gasteiger partial charge is 0.354 e. The molecule has 1 aromatic carbocycles. The van der Waals surface area contributed by atoms with Crippen LogP contribution in [0.2, 0.25) is 5.02 Å². The summed E-state index contributed by atoms with van der Waals surface area (Å²) < 4.78 is 0. The van der Waals surface area contributed by atoms with Gasteiger partial charge in [0.1, 0.15) is 5.82 Å². The van der Waals surface area contributed by atoms with Crippen molar-refractivity contribution in [2.24, 2.45) is 0 Å². The zero-order valence-electron chi connectivity index (χ0n) is 11.5. The zero-order valence-corrected chi connectivity index (χ0v) is 12.2. The maximum absolute atomic E-state index is 6.08. The molecule has 100 valence electrons. The number of piperidine rings is 1. The minimum atomic E-state index is 0.581. The molecule has 1 fully saturated rings. The van der Waals surface area contributed by atoms with Crippen LogP contribution in [0.3, 0.4) is 0 Å². The molecule has 0 spiro atoms. The molecule has 0 radical (unpaired) electrons. The lowest BCUT2D eigenvalue weighted by Crippen LogP contribution is -2.38. The summed E-state index contributed by atoms with van der Waals surface area (Å²) in [6.07, 6.45) is 3.85. The Morgan fingerprint density at radius 3 is 2.89 bits per heavy atom. The van der Waals surface area contributed by atoms with Gasteiger partial charge < -0.3 is 4.90 Å². The van der Waals surface area contributed by atoms with E-state index in [1.54, 1.807) is 0 Å². The molecule has 2 heterocycles. The molecule has 2 nitrogen and oxygen atoms in total. The summed E-state index contributed by atoms with van der Waals surface area (Å²) in [4.78, 5) is 7.24. The molecule has 1 aromatic heterocycles. The molecular weight excluding hydrogens is 256 g/mol. The van der Waals surface area contributed by atoms with Gasteiger partial charge in [-0.15, -0.1) is 0 Å². The fourth-order valence-corrected chi connectivity index (χ4v) is 3.11. The smallest absolute Gasteiger partial charge is 0.129 e. The lowest BCUT2D eigenvalue weighted by molar-refractivity contribution is 0.481. The minimum absolute atomic E-state index is 0.581. The third-order valence-electron chi connectivity index (χ3n) is 4.06. The number of fused-ring (bicyclic) bond motifs is 1. The normalized spacial score (nSPS) is 19.9. The highest BCUT2D eigenvalue weighted by Gasteiger charge is 2.20. The summed E-state index contributed by atoms with van der Waals surface area (Å²) >= 11 is 6.08. The van der Waals surface area contributed by atoms with E-state index in [1.165, 1.54) is 30.2 Å². The number of nitrogens with zero attached hydrogens (tertiary/aromatic N) is 2. The van der Waals surface area contributed by atoms with Crippen LogP contribution in [-0.4, -0.2) is 17.6 Å². The topological polar surface area (TPSA) is 16.1 Å². The van der Waals surface area contributed by atoms with Crippen LogP contribution in [-0.2, 0) is 0 Å². The van der Waals surface area contributed by atoms with E-state index in [0.29, 0.717) is 6.04 Å². The van der Waals surface area contributed by atoms with Crippen LogP contribution < -0.4 is 4.90 Å². The second kappa shape index (κ2) is 5.01. The molecule has 19 heavy (non-hydrogen) atoms. The molecule has 0 amide bonds. The van der Waals surface area contributed by atoms with Crippen LogP contribution in [0.25, 0.3) is 10.9 Å². The predicted octanol–water partition coefficient (Wildman–Crippen LogP) is 4.58. The van der Waals surface area contributed by atoms with Gasteiger partial charge in [0.25, 0.3) is 0 Å². The molecule has 2 aromatic rings. The van der Waals surface area contributed by atoms with Gasteiger partial charge in [-0.3, -0.25) is 0 Å². The first kappa shape index (κ1) is 12.7. The van der Waals surface area contributed by atoms with E-state index >= 15 is 0 Å². The molecule has 0 saturated carbocycles. The number of rotatable bonds is 1. The molecule has 1 aliphatic rings.